The molecule has 0 saturated heterocycles. The number of hydrogen-bond acceptors (Lipinski definition) is 3. The average molecular weight is 272 g/mol. The molecule has 1 rings (SSSR count). The van der Waals surface area contributed by atoms with Crippen LogP contribution < -0.4 is 5.32 Å². The Bertz CT molecular complexity index is 344. The topological polar surface area (TPSA) is 78.9 Å². The van der Waals surface area contributed by atoms with E-state index in [2.05, 4.69) is 19.2 Å². The van der Waals surface area contributed by atoms with Crippen molar-refractivity contribution in [1.82, 2.24) is 10.2 Å². The number of carbonyl (C=O) groups is 2. The summed E-state index contributed by atoms with van der Waals surface area (Å²) < 4.78 is 5.34. The van der Waals surface area contributed by atoms with E-state index in [0.717, 1.165) is 6.42 Å². The van der Waals surface area contributed by atoms with Crippen LogP contribution in [0.2, 0.25) is 0 Å². The number of nitrogens with zero attached hydrogens (tertiary/aromatic N) is 1. The van der Waals surface area contributed by atoms with Gasteiger partial charge in [-0.3, -0.25) is 4.79 Å². The molecule has 19 heavy (non-hydrogen) atoms. The van der Waals surface area contributed by atoms with E-state index in [1.807, 2.05) is 6.92 Å². The molecule has 1 aliphatic carbocycles. The molecule has 0 bridgehead atoms. The number of amides is 2. The van der Waals surface area contributed by atoms with E-state index in [1.165, 1.54) is 4.90 Å². The van der Waals surface area contributed by atoms with E-state index >= 15 is 0 Å². The zero-order valence-electron chi connectivity index (χ0n) is 12.1. The van der Waals surface area contributed by atoms with Crippen LogP contribution in [0.15, 0.2) is 0 Å². The summed E-state index contributed by atoms with van der Waals surface area (Å²) in [5, 5.41) is 11.6. The Morgan fingerprint density at radius 1 is 1.47 bits per heavy atom. The summed E-state index contributed by atoms with van der Waals surface area (Å²) in [6.45, 7) is 6.69. The summed E-state index contributed by atoms with van der Waals surface area (Å²) in [6.07, 6.45) is 0.925. The van der Waals surface area contributed by atoms with E-state index in [0.29, 0.717) is 6.54 Å². The Kier molecular flexibility index (Phi) is 5.17. The van der Waals surface area contributed by atoms with Gasteiger partial charge in [0.1, 0.15) is 0 Å². The number of urea groups is 1. The zero-order chi connectivity index (χ0) is 14.6. The van der Waals surface area contributed by atoms with Crippen molar-refractivity contribution in [2.75, 3.05) is 20.2 Å². The number of ether oxygens (including phenoxy) is 1. The molecule has 6 nitrogen and oxygen atoms in total. The number of hydrogen-bond donors (Lipinski definition) is 2. The van der Waals surface area contributed by atoms with Crippen LogP contribution in [0, 0.1) is 5.41 Å². The molecule has 2 atom stereocenters. The Hall–Kier alpha value is -1.30. The van der Waals surface area contributed by atoms with Crippen LogP contribution in [-0.4, -0.2) is 54.4 Å². The van der Waals surface area contributed by atoms with Gasteiger partial charge in [-0.1, -0.05) is 13.8 Å². The van der Waals surface area contributed by atoms with Crippen LogP contribution in [0.4, 0.5) is 4.79 Å². The van der Waals surface area contributed by atoms with Gasteiger partial charge in [-0.15, -0.1) is 0 Å². The Morgan fingerprint density at radius 2 is 2.11 bits per heavy atom. The van der Waals surface area contributed by atoms with Crippen LogP contribution in [0.1, 0.15) is 33.6 Å². The second-order valence-corrected chi connectivity index (χ2v) is 5.51. The molecule has 0 aromatic rings. The summed E-state index contributed by atoms with van der Waals surface area (Å²) in [7, 11) is 1.68. The molecule has 1 saturated carbocycles. The summed E-state index contributed by atoms with van der Waals surface area (Å²) >= 11 is 0. The van der Waals surface area contributed by atoms with Gasteiger partial charge in [-0.25, -0.2) is 4.79 Å². The number of aliphatic carboxylic acids is 1. The van der Waals surface area contributed by atoms with Crippen molar-refractivity contribution in [3.63, 3.8) is 0 Å². The van der Waals surface area contributed by atoms with Crippen molar-refractivity contribution in [3.05, 3.63) is 0 Å². The third kappa shape index (κ3) is 3.59. The summed E-state index contributed by atoms with van der Waals surface area (Å²) in [5.74, 6) is -0.894. The molecule has 2 amide bonds. The minimum Gasteiger partial charge on any atom is -0.481 e. The molecule has 0 aliphatic heterocycles. The lowest BCUT2D eigenvalue weighted by molar-refractivity contribution is -0.137. The molecule has 6 heteroatoms. The maximum Gasteiger partial charge on any atom is 0.317 e. The van der Waals surface area contributed by atoms with Gasteiger partial charge < -0.3 is 20.1 Å². The molecule has 1 aliphatic rings. The van der Waals surface area contributed by atoms with Crippen molar-refractivity contribution < 1.29 is 19.4 Å². The molecular formula is C13H24N2O4. The van der Waals surface area contributed by atoms with Gasteiger partial charge in [0.15, 0.2) is 0 Å². The highest BCUT2D eigenvalue weighted by Crippen LogP contribution is 2.42. The van der Waals surface area contributed by atoms with E-state index in [-0.39, 0.29) is 36.6 Å². The maximum absolute atomic E-state index is 12.1. The van der Waals surface area contributed by atoms with Crippen molar-refractivity contribution in [1.29, 1.82) is 0 Å². The number of carboxylic acids is 1. The number of nitrogens with one attached hydrogen (secondary N) is 1. The average Bonchev–Trinajstić information content (AvgIpc) is 2.34. The standard InChI is InChI=1S/C13H24N2O4/c1-5-15(7-6-11(16)17)12(18)14-9-8-10(19-4)13(9,2)3/h9-10H,5-8H2,1-4H3,(H,14,18)(H,16,17). The van der Waals surface area contributed by atoms with E-state index in [4.69, 9.17) is 9.84 Å². The van der Waals surface area contributed by atoms with Gasteiger partial charge in [0.05, 0.1) is 12.5 Å². The number of rotatable bonds is 6. The lowest BCUT2D eigenvalue weighted by atomic mass is 9.64. The van der Waals surface area contributed by atoms with Crippen LogP contribution in [0.25, 0.3) is 0 Å². The van der Waals surface area contributed by atoms with Crippen LogP contribution in [0.3, 0.4) is 0 Å². The normalized spacial score (nSPS) is 24.4. The SMILES string of the molecule is CCN(CCC(=O)O)C(=O)NC1CC(OC)C1(C)C. The second kappa shape index (κ2) is 6.23. The highest BCUT2D eigenvalue weighted by atomic mass is 16.5. The van der Waals surface area contributed by atoms with Crippen LogP contribution >= 0.6 is 0 Å². The molecule has 2 unspecified atom stereocenters. The third-order valence-electron chi connectivity index (χ3n) is 4.02. The first kappa shape index (κ1) is 15.8. The fraction of sp³-hybridized carbons (Fsp3) is 0.846. The first-order valence-corrected chi connectivity index (χ1v) is 6.63. The van der Waals surface area contributed by atoms with E-state index in [1.54, 1.807) is 7.11 Å². The van der Waals surface area contributed by atoms with Crippen LogP contribution in [0.5, 0.6) is 0 Å². The quantitative estimate of drug-likeness (QED) is 0.764. The number of carboxylic acid groups (broad SMARTS) is 1. The molecule has 0 radical (unpaired) electrons. The Morgan fingerprint density at radius 3 is 2.53 bits per heavy atom. The fourth-order valence-electron chi connectivity index (χ4n) is 2.40. The summed E-state index contributed by atoms with van der Waals surface area (Å²) in [6, 6.07) is -0.125. The smallest absolute Gasteiger partial charge is 0.317 e. The van der Waals surface area contributed by atoms with Gasteiger partial charge in [-0.2, -0.15) is 0 Å². The fourth-order valence-corrected chi connectivity index (χ4v) is 2.40. The largest absolute Gasteiger partial charge is 0.481 e. The van der Waals surface area contributed by atoms with E-state index < -0.39 is 5.97 Å². The summed E-state index contributed by atoms with van der Waals surface area (Å²) in [4.78, 5) is 24.1. The minimum absolute atomic E-state index is 0.0317. The predicted octanol–water partition coefficient (Wildman–Crippen LogP) is 1.31. The summed E-state index contributed by atoms with van der Waals surface area (Å²) in [5.41, 5.74) is -0.0867. The van der Waals surface area contributed by atoms with Crippen molar-refractivity contribution in [2.45, 2.75) is 45.8 Å². The van der Waals surface area contributed by atoms with Crippen molar-refractivity contribution in [3.8, 4) is 0 Å². The lowest BCUT2D eigenvalue weighted by Crippen LogP contribution is -2.63. The number of carbonyl (C=O) groups excluding carboxylic acids is 1. The molecule has 0 spiro atoms. The van der Waals surface area contributed by atoms with Gasteiger partial charge in [0.2, 0.25) is 0 Å². The Labute approximate surface area is 114 Å². The Balaban J connectivity index is 2.48. The van der Waals surface area contributed by atoms with E-state index in [9.17, 15) is 9.59 Å². The molecule has 0 aromatic heterocycles. The highest BCUT2D eigenvalue weighted by molar-refractivity contribution is 5.75. The van der Waals surface area contributed by atoms with Gasteiger partial charge in [0, 0.05) is 31.7 Å². The molecule has 0 heterocycles. The van der Waals surface area contributed by atoms with Crippen LogP contribution in [-0.2, 0) is 9.53 Å². The van der Waals surface area contributed by atoms with Crippen molar-refractivity contribution in [2.24, 2.45) is 5.41 Å². The lowest BCUT2D eigenvalue weighted by Gasteiger charge is -2.51. The van der Waals surface area contributed by atoms with Gasteiger partial charge in [0.25, 0.3) is 0 Å². The monoisotopic (exact) mass is 272 g/mol. The minimum atomic E-state index is -0.894. The maximum atomic E-state index is 12.1. The predicted molar refractivity (Wildman–Crippen MR) is 71.0 cm³/mol. The highest BCUT2D eigenvalue weighted by Gasteiger charge is 2.49. The molecule has 1 fully saturated rings. The van der Waals surface area contributed by atoms with Gasteiger partial charge >= 0.3 is 12.0 Å². The number of methoxy groups -OCH3 is 1. The first-order chi connectivity index (χ1) is 8.82. The molecule has 110 valence electrons. The molecule has 2 N–H and O–H groups in total. The van der Waals surface area contributed by atoms with Gasteiger partial charge in [-0.05, 0) is 13.3 Å². The first-order valence-electron chi connectivity index (χ1n) is 6.63. The molecule has 0 aromatic carbocycles. The zero-order valence-corrected chi connectivity index (χ0v) is 12.1. The third-order valence-corrected chi connectivity index (χ3v) is 4.02. The second-order valence-electron chi connectivity index (χ2n) is 5.51. The van der Waals surface area contributed by atoms with Crippen molar-refractivity contribution >= 4 is 12.0 Å². The molecular weight excluding hydrogens is 248 g/mol.